The second-order valence-corrected chi connectivity index (χ2v) is 6.37. The van der Waals surface area contributed by atoms with Gasteiger partial charge in [-0.15, -0.1) is 0 Å². The first-order valence-electron chi connectivity index (χ1n) is 8.31. The van der Waals surface area contributed by atoms with Gasteiger partial charge in [0.2, 0.25) is 0 Å². The van der Waals surface area contributed by atoms with Crippen LogP contribution in [0.25, 0.3) is 0 Å². The van der Waals surface area contributed by atoms with Crippen LogP contribution in [-0.2, 0) is 22.5 Å². The Morgan fingerprint density at radius 1 is 1.26 bits per heavy atom. The van der Waals surface area contributed by atoms with Gasteiger partial charge in [-0.05, 0) is 36.3 Å². The van der Waals surface area contributed by atoms with Crippen molar-refractivity contribution in [3.05, 3.63) is 35.4 Å². The van der Waals surface area contributed by atoms with Gasteiger partial charge in [0.25, 0.3) is 5.91 Å². The molecule has 1 aromatic rings. The molecule has 0 spiro atoms. The number of nitrogens with zero attached hydrogens (tertiary/aromatic N) is 1. The van der Waals surface area contributed by atoms with Crippen molar-refractivity contribution in [1.29, 1.82) is 0 Å². The minimum absolute atomic E-state index is 0.142. The molecule has 2 amide bonds. The highest BCUT2D eigenvalue weighted by Crippen LogP contribution is 2.18. The molecule has 126 valence electrons. The van der Waals surface area contributed by atoms with Crippen molar-refractivity contribution in [3.8, 4) is 0 Å². The highest BCUT2D eigenvalue weighted by Gasteiger charge is 2.21. The number of rotatable bonds is 6. The van der Waals surface area contributed by atoms with Crippen LogP contribution >= 0.6 is 0 Å². The monoisotopic (exact) mass is 318 g/mol. The molecule has 23 heavy (non-hydrogen) atoms. The summed E-state index contributed by atoms with van der Waals surface area (Å²) in [6.07, 6.45) is 2.32. The van der Waals surface area contributed by atoms with Crippen LogP contribution in [0.2, 0.25) is 0 Å². The van der Waals surface area contributed by atoms with Gasteiger partial charge in [0, 0.05) is 19.6 Å². The number of carbonyl (C=O) groups is 2. The number of benzene rings is 1. The summed E-state index contributed by atoms with van der Waals surface area (Å²) in [4.78, 5) is 25.5. The van der Waals surface area contributed by atoms with E-state index in [9.17, 15) is 9.59 Å². The van der Waals surface area contributed by atoms with Crippen molar-refractivity contribution >= 4 is 12.0 Å². The number of nitrogens with one attached hydrogen (secondary N) is 1. The lowest BCUT2D eigenvalue weighted by molar-refractivity contribution is -0.135. The summed E-state index contributed by atoms with van der Waals surface area (Å²) < 4.78 is 5.01. The Bertz CT molecular complexity index is 543. The summed E-state index contributed by atoms with van der Waals surface area (Å²) in [6.45, 7) is 5.95. The van der Waals surface area contributed by atoms with Gasteiger partial charge in [-0.1, -0.05) is 38.1 Å². The van der Waals surface area contributed by atoms with E-state index in [0.717, 1.165) is 19.3 Å². The summed E-state index contributed by atoms with van der Waals surface area (Å²) in [5, 5.41) is 2.68. The lowest BCUT2D eigenvalue weighted by Crippen LogP contribution is -2.39. The first-order valence-corrected chi connectivity index (χ1v) is 8.31. The van der Waals surface area contributed by atoms with E-state index in [2.05, 4.69) is 25.2 Å². The summed E-state index contributed by atoms with van der Waals surface area (Å²) in [7, 11) is 0. The lowest BCUT2D eigenvalue weighted by Gasteiger charge is -2.28. The largest absolute Gasteiger partial charge is 0.439 e. The minimum atomic E-state index is -0.514. The fraction of sp³-hybridized carbons (Fsp3) is 0.556. The lowest BCUT2D eigenvalue weighted by atomic mass is 10.00. The maximum Gasteiger partial charge on any atom is 0.407 e. The van der Waals surface area contributed by atoms with Crippen molar-refractivity contribution in [3.63, 3.8) is 0 Å². The van der Waals surface area contributed by atoms with Crippen LogP contribution in [0.4, 0.5) is 4.79 Å². The number of ether oxygens (including phenoxy) is 1. The van der Waals surface area contributed by atoms with E-state index in [1.54, 1.807) is 4.90 Å². The standard InChI is InChI=1S/C18H26N2O3/c1-14(2)6-5-10-19-18(22)23-13-17(21)20-11-9-15-7-3-4-8-16(15)12-20/h3-4,7-8,14H,5-6,9-13H2,1-2H3,(H,19,22). The van der Waals surface area contributed by atoms with E-state index in [4.69, 9.17) is 4.74 Å². The molecule has 0 saturated carbocycles. The van der Waals surface area contributed by atoms with Gasteiger partial charge < -0.3 is 15.0 Å². The Labute approximate surface area is 138 Å². The van der Waals surface area contributed by atoms with Crippen LogP contribution in [0.5, 0.6) is 0 Å². The quantitative estimate of drug-likeness (QED) is 0.821. The molecule has 0 fully saturated rings. The zero-order valence-electron chi connectivity index (χ0n) is 14.0. The Hall–Kier alpha value is -2.04. The van der Waals surface area contributed by atoms with Crippen molar-refractivity contribution in [2.45, 2.75) is 39.7 Å². The maximum absolute atomic E-state index is 12.2. The molecule has 0 atom stereocenters. The molecule has 1 aliphatic heterocycles. The van der Waals surface area contributed by atoms with Crippen LogP contribution in [-0.4, -0.2) is 36.6 Å². The molecule has 5 heteroatoms. The van der Waals surface area contributed by atoms with Gasteiger partial charge in [-0.2, -0.15) is 0 Å². The minimum Gasteiger partial charge on any atom is -0.439 e. The summed E-state index contributed by atoms with van der Waals surface area (Å²) >= 11 is 0. The third kappa shape index (κ3) is 5.58. The van der Waals surface area contributed by atoms with Gasteiger partial charge in [-0.25, -0.2) is 4.79 Å². The predicted molar refractivity (Wildman–Crippen MR) is 89.0 cm³/mol. The highest BCUT2D eigenvalue weighted by molar-refractivity contribution is 5.80. The average Bonchev–Trinajstić information content (AvgIpc) is 2.56. The van der Waals surface area contributed by atoms with Crippen molar-refractivity contribution in [2.24, 2.45) is 5.92 Å². The molecule has 1 aliphatic rings. The SMILES string of the molecule is CC(C)CCCNC(=O)OCC(=O)N1CCc2ccccc2C1. The molecule has 0 aromatic heterocycles. The van der Waals surface area contributed by atoms with Crippen molar-refractivity contribution < 1.29 is 14.3 Å². The Morgan fingerprint density at radius 3 is 2.74 bits per heavy atom. The van der Waals surface area contributed by atoms with Gasteiger partial charge in [0.15, 0.2) is 6.61 Å². The molecule has 1 N–H and O–H groups in total. The van der Waals surface area contributed by atoms with Gasteiger partial charge in [-0.3, -0.25) is 4.79 Å². The summed E-state index contributed by atoms with van der Waals surface area (Å²) in [6, 6.07) is 8.13. The number of hydrogen-bond donors (Lipinski definition) is 1. The van der Waals surface area contributed by atoms with Crippen LogP contribution in [0.1, 0.15) is 37.8 Å². The normalized spacial score (nSPS) is 13.6. The molecule has 1 aromatic carbocycles. The number of amides is 2. The second-order valence-electron chi connectivity index (χ2n) is 6.37. The zero-order valence-corrected chi connectivity index (χ0v) is 14.0. The molecule has 0 bridgehead atoms. The number of carbonyl (C=O) groups excluding carboxylic acids is 2. The van der Waals surface area contributed by atoms with Crippen LogP contribution in [0.15, 0.2) is 24.3 Å². The number of hydrogen-bond acceptors (Lipinski definition) is 3. The van der Waals surface area contributed by atoms with Gasteiger partial charge >= 0.3 is 6.09 Å². The van der Waals surface area contributed by atoms with Gasteiger partial charge in [0.05, 0.1) is 0 Å². The van der Waals surface area contributed by atoms with Crippen molar-refractivity contribution in [2.75, 3.05) is 19.7 Å². The third-order valence-corrected chi connectivity index (χ3v) is 4.04. The van der Waals surface area contributed by atoms with Crippen LogP contribution in [0.3, 0.4) is 0 Å². The van der Waals surface area contributed by atoms with E-state index >= 15 is 0 Å². The van der Waals surface area contributed by atoms with Crippen LogP contribution < -0.4 is 5.32 Å². The maximum atomic E-state index is 12.2. The molecule has 0 unspecified atom stereocenters. The zero-order chi connectivity index (χ0) is 16.7. The Balaban J connectivity index is 1.68. The van der Waals surface area contributed by atoms with E-state index in [0.29, 0.717) is 25.6 Å². The molecular formula is C18H26N2O3. The highest BCUT2D eigenvalue weighted by atomic mass is 16.6. The first kappa shape index (κ1) is 17.3. The molecule has 1 heterocycles. The molecule has 0 radical (unpaired) electrons. The Kier molecular flexibility index (Phi) is 6.44. The summed E-state index contributed by atoms with van der Waals surface area (Å²) in [5.74, 6) is 0.480. The van der Waals surface area contributed by atoms with E-state index in [-0.39, 0.29) is 12.5 Å². The average molecular weight is 318 g/mol. The molecule has 5 nitrogen and oxygen atoms in total. The predicted octanol–water partition coefficient (Wildman–Crippen LogP) is 2.73. The first-order chi connectivity index (χ1) is 11.1. The second kappa shape index (κ2) is 8.56. The fourth-order valence-corrected chi connectivity index (χ4v) is 2.68. The molecule has 0 saturated heterocycles. The topological polar surface area (TPSA) is 58.6 Å². The van der Waals surface area contributed by atoms with Crippen LogP contribution in [0, 0.1) is 5.92 Å². The Morgan fingerprint density at radius 2 is 2.00 bits per heavy atom. The molecule has 2 rings (SSSR count). The fourth-order valence-electron chi connectivity index (χ4n) is 2.68. The third-order valence-electron chi connectivity index (χ3n) is 4.04. The van der Waals surface area contributed by atoms with E-state index < -0.39 is 6.09 Å². The van der Waals surface area contributed by atoms with E-state index in [1.807, 2.05) is 18.2 Å². The smallest absolute Gasteiger partial charge is 0.407 e. The van der Waals surface area contributed by atoms with Gasteiger partial charge in [0.1, 0.15) is 0 Å². The number of fused-ring (bicyclic) bond motifs is 1. The summed E-state index contributed by atoms with van der Waals surface area (Å²) in [5.41, 5.74) is 2.46. The van der Waals surface area contributed by atoms with Crippen molar-refractivity contribution in [1.82, 2.24) is 10.2 Å². The van der Waals surface area contributed by atoms with E-state index in [1.165, 1.54) is 11.1 Å². The molecular weight excluding hydrogens is 292 g/mol. The molecule has 0 aliphatic carbocycles. The number of alkyl carbamates (subject to hydrolysis) is 1.